The molecule has 2 fully saturated rings. The first kappa shape index (κ1) is 22.0. The molecule has 2 aromatic carbocycles. The summed E-state index contributed by atoms with van der Waals surface area (Å²) in [7, 11) is -3.49. The Labute approximate surface area is 185 Å². The summed E-state index contributed by atoms with van der Waals surface area (Å²) in [6.07, 6.45) is 1.79. The highest BCUT2D eigenvalue weighted by atomic mass is 32.2. The molecule has 0 spiro atoms. The van der Waals surface area contributed by atoms with Crippen molar-refractivity contribution in [1.82, 2.24) is 14.1 Å². The molecule has 4 rings (SSSR count). The Morgan fingerprint density at radius 1 is 0.871 bits per heavy atom. The van der Waals surface area contributed by atoms with Gasteiger partial charge in [-0.2, -0.15) is 4.31 Å². The Bertz CT molecular complexity index is 976. The molecule has 0 bridgehead atoms. The van der Waals surface area contributed by atoms with Crippen LogP contribution in [-0.4, -0.2) is 67.7 Å². The number of piperidine rings is 1. The van der Waals surface area contributed by atoms with Crippen molar-refractivity contribution in [2.45, 2.75) is 31.2 Å². The predicted molar refractivity (Wildman–Crippen MR) is 121 cm³/mol. The van der Waals surface area contributed by atoms with Crippen molar-refractivity contribution in [2.75, 3.05) is 39.3 Å². The molecule has 2 aromatic rings. The largest absolute Gasteiger partial charge is 0.336 e. The van der Waals surface area contributed by atoms with E-state index in [1.54, 1.807) is 28.6 Å². The first-order valence-electron chi connectivity index (χ1n) is 11.1. The molecule has 0 atom stereocenters. The number of rotatable bonds is 5. The second-order valence-electron chi connectivity index (χ2n) is 8.66. The van der Waals surface area contributed by atoms with Crippen LogP contribution in [0.2, 0.25) is 0 Å². The molecular weight excluding hydrogens is 410 g/mol. The molecular formula is C24H31N3O3S. The van der Waals surface area contributed by atoms with E-state index in [2.05, 4.69) is 24.0 Å². The number of piperazine rings is 1. The highest BCUT2D eigenvalue weighted by Crippen LogP contribution is 2.24. The van der Waals surface area contributed by atoms with Gasteiger partial charge in [-0.05, 0) is 48.6 Å². The van der Waals surface area contributed by atoms with Gasteiger partial charge in [0, 0.05) is 51.4 Å². The molecule has 31 heavy (non-hydrogen) atoms. The van der Waals surface area contributed by atoms with Crippen LogP contribution >= 0.6 is 0 Å². The fraction of sp³-hybridized carbons (Fsp3) is 0.458. The van der Waals surface area contributed by atoms with Gasteiger partial charge in [0.1, 0.15) is 0 Å². The second kappa shape index (κ2) is 9.51. The molecule has 2 heterocycles. The van der Waals surface area contributed by atoms with Crippen molar-refractivity contribution in [3.05, 3.63) is 65.7 Å². The standard InChI is InChI=1S/C24H31N3O3S/c1-20-11-13-27(14-12-20)31(29,30)23-9-7-22(8-10-23)24(28)26-17-15-25(16-18-26)19-21-5-3-2-4-6-21/h2-10,20H,11-19H2,1H3. The van der Waals surface area contributed by atoms with Gasteiger partial charge in [-0.1, -0.05) is 37.3 Å². The van der Waals surface area contributed by atoms with Gasteiger partial charge in [0.05, 0.1) is 4.90 Å². The van der Waals surface area contributed by atoms with Crippen LogP contribution in [0.25, 0.3) is 0 Å². The van der Waals surface area contributed by atoms with E-state index in [0.29, 0.717) is 37.7 Å². The Morgan fingerprint density at radius 2 is 1.48 bits per heavy atom. The van der Waals surface area contributed by atoms with E-state index < -0.39 is 10.0 Å². The number of benzene rings is 2. The summed E-state index contributed by atoms with van der Waals surface area (Å²) < 4.78 is 27.3. The Morgan fingerprint density at radius 3 is 2.10 bits per heavy atom. The summed E-state index contributed by atoms with van der Waals surface area (Å²) in [6, 6.07) is 16.8. The monoisotopic (exact) mass is 441 g/mol. The van der Waals surface area contributed by atoms with E-state index in [4.69, 9.17) is 0 Å². The smallest absolute Gasteiger partial charge is 0.253 e. The minimum atomic E-state index is -3.49. The van der Waals surface area contributed by atoms with Crippen LogP contribution in [0.1, 0.15) is 35.7 Å². The number of amides is 1. The van der Waals surface area contributed by atoms with Crippen molar-refractivity contribution >= 4 is 15.9 Å². The molecule has 0 unspecified atom stereocenters. The summed E-state index contributed by atoms with van der Waals surface area (Å²) in [5.41, 5.74) is 1.82. The minimum Gasteiger partial charge on any atom is -0.336 e. The van der Waals surface area contributed by atoms with Gasteiger partial charge in [-0.25, -0.2) is 8.42 Å². The topological polar surface area (TPSA) is 60.9 Å². The summed E-state index contributed by atoms with van der Waals surface area (Å²) in [5.74, 6) is 0.537. The number of nitrogens with zero attached hydrogens (tertiary/aromatic N) is 3. The van der Waals surface area contributed by atoms with Crippen molar-refractivity contribution in [1.29, 1.82) is 0 Å². The van der Waals surface area contributed by atoms with E-state index in [9.17, 15) is 13.2 Å². The molecule has 2 aliphatic heterocycles. The van der Waals surface area contributed by atoms with Crippen LogP contribution in [0, 0.1) is 5.92 Å². The van der Waals surface area contributed by atoms with E-state index in [1.165, 1.54) is 5.56 Å². The molecule has 1 amide bonds. The quantitative estimate of drug-likeness (QED) is 0.716. The molecule has 2 aliphatic rings. The van der Waals surface area contributed by atoms with Crippen molar-refractivity contribution in [3.8, 4) is 0 Å². The molecule has 0 aromatic heterocycles. The Kier molecular flexibility index (Phi) is 6.74. The molecule has 166 valence electrons. The molecule has 0 N–H and O–H groups in total. The van der Waals surface area contributed by atoms with Crippen LogP contribution in [0.4, 0.5) is 0 Å². The number of sulfonamides is 1. The zero-order chi connectivity index (χ0) is 21.8. The maximum absolute atomic E-state index is 12.9. The molecule has 2 saturated heterocycles. The third-order valence-electron chi connectivity index (χ3n) is 6.39. The SMILES string of the molecule is CC1CCN(S(=O)(=O)c2ccc(C(=O)N3CCN(Cc4ccccc4)CC3)cc2)CC1. The molecule has 7 heteroatoms. The molecule has 0 saturated carbocycles. The predicted octanol–water partition coefficient (Wildman–Crippen LogP) is 3.07. The lowest BCUT2D eigenvalue weighted by Gasteiger charge is -2.34. The normalized spacial score (nSPS) is 19.5. The summed E-state index contributed by atoms with van der Waals surface area (Å²) in [4.78, 5) is 17.4. The fourth-order valence-corrected chi connectivity index (χ4v) is 5.75. The van der Waals surface area contributed by atoms with Crippen LogP contribution in [0.5, 0.6) is 0 Å². The number of carbonyl (C=O) groups is 1. The van der Waals surface area contributed by atoms with E-state index in [0.717, 1.165) is 32.5 Å². The Hall–Kier alpha value is -2.22. The van der Waals surface area contributed by atoms with Crippen molar-refractivity contribution < 1.29 is 13.2 Å². The lowest BCUT2D eigenvalue weighted by atomic mass is 10.0. The van der Waals surface area contributed by atoms with Crippen LogP contribution in [0.3, 0.4) is 0 Å². The number of carbonyl (C=O) groups excluding carboxylic acids is 1. The fourth-order valence-electron chi connectivity index (χ4n) is 4.28. The van der Waals surface area contributed by atoms with Gasteiger partial charge < -0.3 is 4.90 Å². The van der Waals surface area contributed by atoms with Crippen LogP contribution < -0.4 is 0 Å². The number of hydrogen-bond acceptors (Lipinski definition) is 4. The Balaban J connectivity index is 1.34. The molecule has 0 radical (unpaired) electrons. The minimum absolute atomic E-state index is 0.0323. The highest BCUT2D eigenvalue weighted by molar-refractivity contribution is 7.89. The first-order chi connectivity index (χ1) is 14.9. The third-order valence-corrected chi connectivity index (χ3v) is 8.30. The summed E-state index contributed by atoms with van der Waals surface area (Å²) >= 11 is 0. The van der Waals surface area contributed by atoms with E-state index in [1.807, 2.05) is 23.1 Å². The highest BCUT2D eigenvalue weighted by Gasteiger charge is 2.28. The van der Waals surface area contributed by atoms with Gasteiger partial charge in [0.15, 0.2) is 0 Å². The first-order valence-corrected chi connectivity index (χ1v) is 12.5. The van der Waals surface area contributed by atoms with Gasteiger partial charge in [0.25, 0.3) is 5.91 Å². The molecule has 0 aliphatic carbocycles. The van der Waals surface area contributed by atoms with Crippen molar-refractivity contribution in [3.63, 3.8) is 0 Å². The zero-order valence-electron chi connectivity index (χ0n) is 18.1. The average molecular weight is 442 g/mol. The summed E-state index contributed by atoms with van der Waals surface area (Å²) in [6.45, 7) is 7.21. The third kappa shape index (κ3) is 5.17. The van der Waals surface area contributed by atoms with E-state index >= 15 is 0 Å². The summed E-state index contributed by atoms with van der Waals surface area (Å²) in [5, 5.41) is 0. The maximum Gasteiger partial charge on any atom is 0.253 e. The van der Waals surface area contributed by atoms with Crippen LogP contribution in [-0.2, 0) is 16.6 Å². The van der Waals surface area contributed by atoms with Gasteiger partial charge in [-0.3, -0.25) is 9.69 Å². The van der Waals surface area contributed by atoms with Crippen molar-refractivity contribution in [2.24, 2.45) is 5.92 Å². The van der Waals surface area contributed by atoms with Gasteiger partial charge in [-0.15, -0.1) is 0 Å². The number of hydrogen-bond donors (Lipinski definition) is 0. The molecule has 6 nitrogen and oxygen atoms in total. The lowest BCUT2D eigenvalue weighted by molar-refractivity contribution is 0.0628. The van der Waals surface area contributed by atoms with E-state index in [-0.39, 0.29) is 10.8 Å². The average Bonchev–Trinajstić information content (AvgIpc) is 2.80. The second-order valence-corrected chi connectivity index (χ2v) is 10.6. The van der Waals surface area contributed by atoms with Gasteiger partial charge in [0.2, 0.25) is 10.0 Å². The zero-order valence-corrected chi connectivity index (χ0v) is 18.9. The van der Waals surface area contributed by atoms with Gasteiger partial charge >= 0.3 is 0 Å². The van der Waals surface area contributed by atoms with Crippen LogP contribution in [0.15, 0.2) is 59.5 Å². The lowest BCUT2D eigenvalue weighted by Crippen LogP contribution is -2.48. The maximum atomic E-state index is 12.9.